The fourth-order valence-corrected chi connectivity index (χ4v) is 4.40. The Kier molecular flexibility index (Phi) is 10.2. The minimum atomic E-state index is -0.604. The van der Waals surface area contributed by atoms with Crippen molar-refractivity contribution in [3.63, 3.8) is 0 Å². The Labute approximate surface area is 254 Å². The molecule has 0 aliphatic carbocycles. The molecular formula is C30H23BrCl2N2O6. The minimum Gasteiger partial charge on any atom is -0.493 e. The van der Waals surface area contributed by atoms with Gasteiger partial charge in [0.25, 0.3) is 5.91 Å². The average molecular weight is 658 g/mol. The number of carbonyl (C=O) groups excluding carboxylic acids is 2. The van der Waals surface area contributed by atoms with Crippen LogP contribution in [0.4, 0.5) is 0 Å². The van der Waals surface area contributed by atoms with E-state index >= 15 is 0 Å². The molecule has 0 aliphatic rings. The van der Waals surface area contributed by atoms with Crippen LogP contribution in [0.15, 0.2) is 88.4 Å². The Morgan fingerprint density at radius 2 is 1.56 bits per heavy atom. The Morgan fingerprint density at radius 1 is 0.854 bits per heavy atom. The molecule has 4 aromatic rings. The molecule has 4 rings (SSSR count). The van der Waals surface area contributed by atoms with Crippen LogP contribution >= 0.6 is 39.1 Å². The maximum Gasteiger partial charge on any atom is 0.343 e. The van der Waals surface area contributed by atoms with Crippen molar-refractivity contribution in [3.05, 3.63) is 116 Å². The van der Waals surface area contributed by atoms with E-state index in [4.69, 9.17) is 42.1 Å². The molecule has 0 saturated heterocycles. The third-order valence-corrected chi connectivity index (χ3v) is 6.77. The van der Waals surface area contributed by atoms with Gasteiger partial charge in [-0.1, -0.05) is 45.2 Å². The fourth-order valence-electron chi connectivity index (χ4n) is 3.56. The molecule has 4 aromatic carbocycles. The number of carbonyl (C=O) groups is 2. The topological polar surface area (TPSA) is 95.5 Å². The molecular weight excluding hydrogens is 635 g/mol. The Bertz CT molecular complexity index is 1590. The molecule has 0 radical (unpaired) electrons. The second-order valence-corrected chi connectivity index (χ2v) is 10.1. The van der Waals surface area contributed by atoms with Crippen molar-refractivity contribution in [2.24, 2.45) is 5.10 Å². The Hall–Kier alpha value is -4.05. The highest BCUT2D eigenvalue weighted by Crippen LogP contribution is 2.29. The molecule has 0 bridgehead atoms. The predicted molar refractivity (Wildman–Crippen MR) is 161 cm³/mol. The molecule has 0 heterocycles. The number of amides is 1. The van der Waals surface area contributed by atoms with E-state index in [-0.39, 0.29) is 17.9 Å². The zero-order valence-electron chi connectivity index (χ0n) is 21.8. The quantitative estimate of drug-likeness (QED) is 0.0830. The molecule has 0 aliphatic heterocycles. The van der Waals surface area contributed by atoms with Crippen LogP contribution < -0.4 is 24.4 Å². The lowest BCUT2D eigenvalue weighted by Gasteiger charge is -2.11. The van der Waals surface area contributed by atoms with Gasteiger partial charge >= 0.3 is 5.97 Å². The van der Waals surface area contributed by atoms with Gasteiger partial charge < -0.3 is 18.9 Å². The standard InChI is InChI=1S/C30H23BrCl2N2O6/c1-38-27-11-6-19(14-28(27)39-2)30(37)41-26-12-7-22(31)13-21(26)16-34-35-29(36)18-4-9-24(10-5-18)40-17-20-3-8-23(32)15-25(20)33/h3-16H,17H2,1-2H3,(H,35,36)/b34-16+. The second-order valence-electron chi connectivity index (χ2n) is 8.39. The van der Waals surface area contributed by atoms with E-state index in [9.17, 15) is 9.59 Å². The summed E-state index contributed by atoms with van der Waals surface area (Å²) in [6.45, 7) is 0.247. The summed E-state index contributed by atoms with van der Waals surface area (Å²) in [4.78, 5) is 25.4. The summed E-state index contributed by atoms with van der Waals surface area (Å²) in [5, 5.41) is 5.09. The predicted octanol–water partition coefficient (Wildman–Crippen LogP) is 7.34. The number of nitrogens with one attached hydrogen (secondary N) is 1. The van der Waals surface area contributed by atoms with E-state index in [1.807, 2.05) is 0 Å². The second kappa shape index (κ2) is 14.0. The lowest BCUT2D eigenvalue weighted by Crippen LogP contribution is -2.17. The molecule has 8 nitrogen and oxygen atoms in total. The molecule has 0 atom stereocenters. The van der Waals surface area contributed by atoms with E-state index in [2.05, 4.69) is 26.5 Å². The molecule has 1 amide bonds. The molecule has 0 fully saturated rings. The smallest absolute Gasteiger partial charge is 0.343 e. The third-order valence-electron chi connectivity index (χ3n) is 5.69. The first-order valence-electron chi connectivity index (χ1n) is 12.0. The van der Waals surface area contributed by atoms with Gasteiger partial charge in [-0.25, -0.2) is 10.2 Å². The number of esters is 1. The van der Waals surface area contributed by atoms with Crippen molar-refractivity contribution in [2.75, 3.05) is 14.2 Å². The number of rotatable bonds is 10. The number of nitrogens with zero attached hydrogens (tertiary/aromatic N) is 1. The van der Waals surface area contributed by atoms with Crippen molar-refractivity contribution in [2.45, 2.75) is 6.61 Å². The maximum absolute atomic E-state index is 12.8. The molecule has 0 saturated carbocycles. The van der Waals surface area contributed by atoms with E-state index in [1.54, 1.807) is 72.8 Å². The summed E-state index contributed by atoms with van der Waals surface area (Å²) < 4.78 is 22.5. The molecule has 0 spiro atoms. The Balaban J connectivity index is 1.38. The van der Waals surface area contributed by atoms with Gasteiger partial charge in [-0.05, 0) is 72.8 Å². The summed E-state index contributed by atoms with van der Waals surface area (Å²) in [7, 11) is 2.98. The van der Waals surface area contributed by atoms with E-state index < -0.39 is 11.9 Å². The van der Waals surface area contributed by atoms with Gasteiger partial charge in [0.2, 0.25) is 0 Å². The average Bonchev–Trinajstić information content (AvgIpc) is 2.97. The van der Waals surface area contributed by atoms with Crippen LogP contribution in [0.1, 0.15) is 31.8 Å². The number of ether oxygens (including phenoxy) is 4. The van der Waals surface area contributed by atoms with E-state index in [0.717, 1.165) is 10.0 Å². The zero-order chi connectivity index (χ0) is 29.4. The summed E-state index contributed by atoms with van der Waals surface area (Å²) in [6.07, 6.45) is 1.38. The van der Waals surface area contributed by atoms with Crippen LogP contribution in [0.25, 0.3) is 0 Å². The van der Waals surface area contributed by atoms with Crippen LogP contribution in [-0.2, 0) is 6.61 Å². The SMILES string of the molecule is COc1ccc(C(=O)Oc2ccc(Br)cc2/C=N/NC(=O)c2ccc(OCc3ccc(Cl)cc3Cl)cc2)cc1OC. The van der Waals surface area contributed by atoms with Gasteiger partial charge in [-0.3, -0.25) is 4.79 Å². The lowest BCUT2D eigenvalue weighted by molar-refractivity contribution is 0.0733. The molecule has 1 N–H and O–H groups in total. The van der Waals surface area contributed by atoms with Crippen molar-refractivity contribution >= 4 is 57.2 Å². The van der Waals surface area contributed by atoms with Crippen LogP contribution in [0.2, 0.25) is 10.0 Å². The van der Waals surface area contributed by atoms with Gasteiger partial charge in [0.1, 0.15) is 18.1 Å². The summed E-state index contributed by atoms with van der Waals surface area (Å²) in [5.41, 5.74) is 4.35. The minimum absolute atomic E-state index is 0.244. The van der Waals surface area contributed by atoms with E-state index in [0.29, 0.717) is 38.4 Å². The number of halogens is 3. The fraction of sp³-hybridized carbons (Fsp3) is 0.100. The summed E-state index contributed by atoms with van der Waals surface area (Å²) >= 11 is 15.5. The zero-order valence-corrected chi connectivity index (χ0v) is 24.9. The first-order valence-corrected chi connectivity index (χ1v) is 13.6. The number of hydrazone groups is 1. The van der Waals surface area contributed by atoms with Gasteiger partial charge in [0.15, 0.2) is 11.5 Å². The highest BCUT2D eigenvalue weighted by Gasteiger charge is 2.15. The lowest BCUT2D eigenvalue weighted by atomic mass is 10.2. The molecule has 41 heavy (non-hydrogen) atoms. The normalized spacial score (nSPS) is 10.8. The third kappa shape index (κ3) is 8.00. The van der Waals surface area contributed by atoms with Crippen molar-refractivity contribution in [1.82, 2.24) is 5.43 Å². The van der Waals surface area contributed by atoms with Crippen LogP contribution in [0.3, 0.4) is 0 Å². The summed E-state index contributed by atoms with van der Waals surface area (Å²) in [6, 6.07) is 21.5. The Morgan fingerprint density at radius 3 is 2.27 bits per heavy atom. The van der Waals surface area contributed by atoms with Gasteiger partial charge in [-0.2, -0.15) is 5.10 Å². The summed E-state index contributed by atoms with van der Waals surface area (Å²) in [5.74, 6) is 0.647. The van der Waals surface area contributed by atoms with Gasteiger partial charge in [0.05, 0.1) is 26.0 Å². The number of hydrogen-bond donors (Lipinski definition) is 1. The van der Waals surface area contributed by atoms with Gasteiger partial charge in [0, 0.05) is 31.2 Å². The molecule has 210 valence electrons. The molecule has 0 unspecified atom stereocenters. The highest BCUT2D eigenvalue weighted by molar-refractivity contribution is 9.10. The van der Waals surface area contributed by atoms with Crippen LogP contribution in [0.5, 0.6) is 23.0 Å². The van der Waals surface area contributed by atoms with E-state index in [1.165, 1.54) is 26.5 Å². The van der Waals surface area contributed by atoms with Crippen molar-refractivity contribution in [1.29, 1.82) is 0 Å². The molecule has 0 aromatic heterocycles. The number of benzene rings is 4. The highest BCUT2D eigenvalue weighted by atomic mass is 79.9. The first-order chi connectivity index (χ1) is 19.8. The number of methoxy groups -OCH3 is 2. The van der Waals surface area contributed by atoms with Crippen LogP contribution in [-0.4, -0.2) is 32.3 Å². The molecule has 11 heteroatoms. The largest absolute Gasteiger partial charge is 0.493 e. The first kappa shape index (κ1) is 29.9. The van der Waals surface area contributed by atoms with Gasteiger partial charge in [-0.15, -0.1) is 0 Å². The maximum atomic E-state index is 12.8. The monoisotopic (exact) mass is 656 g/mol. The van der Waals surface area contributed by atoms with Crippen molar-refractivity contribution < 1.29 is 28.5 Å². The number of hydrogen-bond acceptors (Lipinski definition) is 7. The van der Waals surface area contributed by atoms with Crippen molar-refractivity contribution in [3.8, 4) is 23.0 Å². The van der Waals surface area contributed by atoms with Crippen LogP contribution in [0, 0.1) is 0 Å².